The fourth-order valence-corrected chi connectivity index (χ4v) is 6.37. The molecule has 2 atom stereocenters. The number of hydrogen-bond acceptors (Lipinski definition) is 6. The maximum atomic E-state index is 14.0. The summed E-state index contributed by atoms with van der Waals surface area (Å²) in [6, 6.07) is 18.5. The Balaban J connectivity index is 1.61. The van der Waals surface area contributed by atoms with E-state index in [1.165, 1.54) is 9.21 Å². The first kappa shape index (κ1) is 33.4. The molecule has 1 aliphatic rings. The second-order valence-corrected chi connectivity index (χ2v) is 13.4. The number of fused-ring (bicyclic) bond motifs is 1. The van der Waals surface area contributed by atoms with Gasteiger partial charge in [0, 0.05) is 53.6 Å². The Labute approximate surface area is 269 Å². The van der Waals surface area contributed by atoms with Crippen LogP contribution >= 0.6 is 23.2 Å². The summed E-state index contributed by atoms with van der Waals surface area (Å²) in [5.41, 5.74) is 1.81. The SMILES string of the molecule is CC[C@H](C)NC(=O)[C@@H](Cc1ccccc1)N(Cc1c(Cl)cccc1Cl)C(=O)CCCN(c1ccc2c(c1)OCO2)S(C)(=O)=O. The van der Waals surface area contributed by atoms with Crippen LogP contribution in [0.25, 0.3) is 0 Å². The molecule has 0 saturated heterocycles. The van der Waals surface area contributed by atoms with Crippen molar-refractivity contribution in [3.05, 3.63) is 87.9 Å². The third-order valence-electron chi connectivity index (χ3n) is 7.46. The molecule has 3 aromatic carbocycles. The molecule has 0 radical (unpaired) electrons. The second-order valence-electron chi connectivity index (χ2n) is 10.7. The number of carbonyl (C=O) groups excluding carboxylic acids is 2. The lowest BCUT2D eigenvalue weighted by molar-refractivity contribution is -0.141. The highest BCUT2D eigenvalue weighted by Crippen LogP contribution is 2.36. The van der Waals surface area contributed by atoms with Crippen LogP contribution in [0.5, 0.6) is 11.5 Å². The highest BCUT2D eigenvalue weighted by atomic mass is 35.5. The average Bonchev–Trinajstić information content (AvgIpc) is 3.46. The molecular weight excluding hydrogens is 625 g/mol. The number of rotatable bonds is 14. The van der Waals surface area contributed by atoms with Crippen LogP contribution < -0.4 is 19.1 Å². The van der Waals surface area contributed by atoms with Gasteiger partial charge >= 0.3 is 0 Å². The molecule has 0 aromatic heterocycles. The zero-order chi connectivity index (χ0) is 31.9. The molecule has 4 rings (SSSR count). The number of benzene rings is 3. The molecule has 44 heavy (non-hydrogen) atoms. The smallest absolute Gasteiger partial charge is 0.243 e. The Kier molecular flexibility index (Phi) is 11.4. The molecule has 0 unspecified atom stereocenters. The molecule has 3 aromatic rings. The predicted molar refractivity (Wildman–Crippen MR) is 173 cm³/mol. The van der Waals surface area contributed by atoms with E-state index >= 15 is 0 Å². The zero-order valence-electron chi connectivity index (χ0n) is 25.0. The van der Waals surface area contributed by atoms with Gasteiger partial charge < -0.3 is 19.7 Å². The van der Waals surface area contributed by atoms with Gasteiger partial charge in [0.2, 0.25) is 28.6 Å². The molecule has 0 spiro atoms. The number of sulfonamides is 1. The number of carbonyl (C=O) groups is 2. The predicted octanol–water partition coefficient (Wildman–Crippen LogP) is 5.82. The van der Waals surface area contributed by atoms with Gasteiger partial charge in [0.25, 0.3) is 0 Å². The monoisotopic (exact) mass is 661 g/mol. The first-order valence-corrected chi connectivity index (χ1v) is 17.0. The van der Waals surface area contributed by atoms with Gasteiger partial charge in [-0.15, -0.1) is 0 Å². The van der Waals surface area contributed by atoms with E-state index in [2.05, 4.69) is 5.32 Å². The van der Waals surface area contributed by atoms with E-state index in [9.17, 15) is 18.0 Å². The summed E-state index contributed by atoms with van der Waals surface area (Å²) in [7, 11) is -3.69. The summed E-state index contributed by atoms with van der Waals surface area (Å²) in [5.74, 6) is 0.357. The van der Waals surface area contributed by atoms with Crippen molar-refractivity contribution in [1.29, 1.82) is 0 Å². The molecular formula is C32H37Cl2N3O6S. The van der Waals surface area contributed by atoms with Crippen molar-refractivity contribution in [2.45, 2.75) is 58.2 Å². The van der Waals surface area contributed by atoms with Crippen molar-refractivity contribution < 1.29 is 27.5 Å². The lowest BCUT2D eigenvalue weighted by atomic mass is 10.0. The van der Waals surface area contributed by atoms with Gasteiger partial charge in [-0.25, -0.2) is 8.42 Å². The van der Waals surface area contributed by atoms with Crippen molar-refractivity contribution >= 4 is 50.7 Å². The molecule has 1 N–H and O–H groups in total. The maximum absolute atomic E-state index is 14.0. The van der Waals surface area contributed by atoms with Gasteiger partial charge in [-0.05, 0) is 49.6 Å². The number of hydrogen-bond donors (Lipinski definition) is 1. The highest BCUT2D eigenvalue weighted by Gasteiger charge is 2.32. The second kappa shape index (κ2) is 15.0. The summed E-state index contributed by atoms with van der Waals surface area (Å²) in [6.45, 7) is 3.97. The van der Waals surface area contributed by atoms with Crippen LogP contribution in [0.3, 0.4) is 0 Å². The van der Waals surface area contributed by atoms with Gasteiger partial charge in [-0.1, -0.05) is 66.5 Å². The zero-order valence-corrected chi connectivity index (χ0v) is 27.3. The van der Waals surface area contributed by atoms with E-state index in [-0.39, 0.29) is 57.0 Å². The molecule has 0 saturated carbocycles. The largest absolute Gasteiger partial charge is 0.454 e. The third-order valence-corrected chi connectivity index (χ3v) is 9.36. The molecule has 2 amide bonds. The molecule has 12 heteroatoms. The molecule has 236 valence electrons. The minimum absolute atomic E-state index is 0.000712. The molecule has 1 heterocycles. The van der Waals surface area contributed by atoms with Gasteiger partial charge in [0.1, 0.15) is 6.04 Å². The van der Waals surface area contributed by atoms with Gasteiger partial charge in [-0.2, -0.15) is 0 Å². The quantitative estimate of drug-likeness (QED) is 0.233. The van der Waals surface area contributed by atoms with Crippen LogP contribution in [-0.4, -0.2) is 56.8 Å². The standard InChI is InChI=1S/C32H37Cl2N3O6S/c1-4-22(2)35-32(39)28(18-23-10-6-5-7-11-23)36(20-25-26(33)12-8-13-27(25)34)31(38)14-9-17-37(44(3,40)41)24-15-16-29-30(19-24)43-21-42-29/h5-8,10-13,15-16,19,22,28H,4,9,14,17-18,20-21H2,1-3H3,(H,35,39)/t22-,28+/m0/s1. The Morgan fingerprint density at radius 2 is 1.66 bits per heavy atom. The van der Waals surface area contributed by atoms with Crippen molar-refractivity contribution in [3.63, 3.8) is 0 Å². The normalized spacial score (nSPS) is 13.7. The summed E-state index contributed by atoms with van der Waals surface area (Å²) in [5, 5.41) is 3.78. The van der Waals surface area contributed by atoms with Crippen LogP contribution in [0, 0.1) is 0 Å². The van der Waals surface area contributed by atoms with E-state index < -0.39 is 16.1 Å². The Bertz CT molecular complexity index is 1550. The van der Waals surface area contributed by atoms with E-state index in [1.807, 2.05) is 44.2 Å². The molecule has 0 bridgehead atoms. The van der Waals surface area contributed by atoms with Crippen molar-refractivity contribution in [2.24, 2.45) is 0 Å². The van der Waals surface area contributed by atoms with E-state index in [1.54, 1.807) is 36.4 Å². The van der Waals surface area contributed by atoms with Crippen LogP contribution in [0.15, 0.2) is 66.7 Å². The van der Waals surface area contributed by atoms with Crippen LogP contribution in [-0.2, 0) is 32.6 Å². The Morgan fingerprint density at radius 1 is 0.977 bits per heavy atom. The van der Waals surface area contributed by atoms with Crippen LogP contribution in [0.1, 0.15) is 44.2 Å². The van der Waals surface area contributed by atoms with Crippen molar-refractivity contribution in [2.75, 3.05) is 23.9 Å². The fourth-order valence-electron chi connectivity index (χ4n) is 4.89. The first-order chi connectivity index (χ1) is 21.0. The summed E-state index contributed by atoms with van der Waals surface area (Å²) in [6.07, 6.45) is 2.26. The number of nitrogens with zero attached hydrogens (tertiary/aromatic N) is 2. The van der Waals surface area contributed by atoms with E-state index in [4.69, 9.17) is 32.7 Å². The van der Waals surface area contributed by atoms with Crippen molar-refractivity contribution in [1.82, 2.24) is 10.2 Å². The summed E-state index contributed by atoms with van der Waals surface area (Å²) in [4.78, 5) is 29.3. The molecule has 9 nitrogen and oxygen atoms in total. The number of amides is 2. The van der Waals surface area contributed by atoms with Gasteiger partial charge in [0.15, 0.2) is 11.5 Å². The average molecular weight is 663 g/mol. The minimum atomic E-state index is -3.69. The maximum Gasteiger partial charge on any atom is 0.243 e. The minimum Gasteiger partial charge on any atom is -0.454 e. The number of anilines is 1. The van der Waals surface area contributed by atoms with Crippen molar-refractivity contribution in [3.8, 4) is 11.5 Å². The lowest BCUT2D eigenvalue weighted by Crippen LogP contribution is -2.52. The number of ether oxygens (including phenoxy) is 2. The lowest BCUT2D eigenvalue weighted by Gasteiger charge is -2.33. The van der Waals surface area contributed by atoms with Crippen LogP contribution in [0.4, 0.5) is 5.69 Å². The van der Waals surface area contributed by atoms with Crippen LogP contribution in [0.2, 0.25) is 10.0 Å². The number of halogens is 2. The Hall–Kier alpha value is -3.47. The van der Waals surface area contributed by atoms with Gasteiger partial charge in [0.05, 0.1) is 11.9 Å². The summed E-state index contributed by atoms with van der Waals surface area (Å²) < 4.78 is 37.5. The summed E-state index contributed by atoms with van der Waals surface area (Å²) >= 11 is 13.0. The van der Waals surface area contributed by atoms with Gasteiger partial charge in [-0.3, -0.25) is 13.9 Å². The number of nitrogens with one attached hydrogen (secondary N) is 1. The topological polar surface area (TPSA) is 105 Å². The van der Waals surface area contributed by atoms with E-state index in [0.29, 0.717) is 32.8 Å². The molecule has 0 aliphatic carbocycles. The third kappa shape index (κ3) is 8.58. The fraction of sp³-hybridized carbons (Fsp3) is 0.375. The Morgan fingerprint density at radius 3 is 2.32 bits per heavy atom. The highest BCUT2D eigenvalue weighted by molar-refractivity contribution is 7.92. The molecule has 1 aliphatic heterocycles. The first-order valence-electron chi connectivity index (χ1n) is 14.4. The molecule has 0 fully saturated rings. The van der Waals surface area contributed by atoms with E-state index in [0.717, 1.165) is 18.2 Å².